The Labute approximate surface area is 112 Å². The highest BCUT2D eigenvalue weighted by atomic mass is 16.5. The van der Waals surface area contributed by atoms with Gasteiger partial charge in [-0.3, -0.25) is 4.90 Å². The molecule has 0 aromatic heterocycles. The van der Waals surface area contributed by atoms with Gasteiger partial charge in [0.2, 0.25) is 0 Å². The van der Waals surface area contributed by atoms with Crippen LogP contribution in [0.5, 0.6) is 0 Å². The van der Waals surface area contributed by atoms with Crippen molar-refractivity contribution in [2.24, 2.45) is 11.7 Å². The minimum Gasteiger partial charge on any atom is -0.377 e. The molecule has 0 aromatic rings. The summed E-state index contributed by atoms with van der Waals surface area (Å²) in [5, 5.41) is 0. The number of nitrogens with zero attached hydrogens (tertiary/aromatic N) is 1. The van der Waals surface area contributed by atoms with Gasteiger partial charge in [-0.05, 0) is 51.1 Å². The van der Waals surface area contributed by atoms with E-state index in [0.29, 0.717) is 18.1 Å². The van der Waals surface area contributed by atoms with E-state index < -0.39 is 0 Å². The zero-order chi connectivity index (χ0) is 12.8. The monoisotopic (exact) mass is 254 g/mol. The zero-order valence-electron chi connectivity index (χ0n) is 11.9. The average molecular weight is 254 g/mol. The highest BCUT2D eigenvalue weighted by Crippen LogP contribution is 2.28. The van der Waals surface area contributed by atoms with Crippen molar-refractivity contribution in [1.29, 1.82) is 0 Å². The molecule has 1 saturated heterocycles. The predicted octanol–water partition coefficient (Wildman–Crippen LogP) is 2.39. The van der Waals surface area contributed by atoms with Gasteiger partial charge in [0, 0.05) is 19.2 Å². The molecule has 1 aliphatic carbocycles. The second-order valence-electron chi connectivity index (χ2n) is 5.92. The van der Waals surface area contributed by atoms with E-state index >= 15 is 0 Å². The van der Waals surface area contributed by atoms with Crippen molar-refractivity contribution >= 4 is 0 Å². The minimum absolute atomic E-state index is 0.471. The zero-order valence-corrected chi connectivity index (χ0v) is 11.9. The largest absolute Gasteiger partial charge is 0.377 e. The Kier molecular flexibility index (Phi) is 5.93. The molecule has 3 unspecified atom stereocenters. The van der Waals surface area contributed by atoms with Gasteiger partial charge in [-0.25, -0.2) is 0 Å². The van der Waals surface area contributed by atoms with Gasteiger partial charge in [0.05, 0.1) is 6.10 Å². The molecule has 106 valence electrons. The van der Waals surface area contributed by atoms with E-state index in [-0.39, 0.29) is 0 Å². The second-order valence-corrected chi connectivity index (χ2v) is 5.92. The lowest BCUT2D eigenvalue weighted by atomic mass is 9.83. The van der Waals surface area contributed by atoms with Crippen LogP contribution in [0.25, 0.3) is 0 Å². The molecule has 3 nitrogen and oxygen atoms in total. The van der Waals surface area contributed by atoms with Gasteiger partial charge in [0.15, 0.2) is 0 Å². The molecule has 2 N–H and O–H groups in total. The molecule has 0 bridgehead atoms. The van der Waals surface area contributed by atoms with Crippen LogP contribution in [0.2, 0.25) is 0 Å². The Bertz CT molecular complexity index is 229. The first kappa shape index (κ1) is 14.3. The number of nitrogens with two attached hydrogens (primary N) is 1. The molecule has 18 heavy (non-hydrogen) atoms. The standard InChI is InChI=1S/C15H30N2O/c1-2-17(12-14-8-5-6-10-18-14)15-9-4-3-7-13(15)11-16/h13-15H,2-12,16H2,1H3. The molecule has 2 fully saturated rings. The Morgan fingerprint density at radius 1 is 1.11 bits per heavy atom. The molecular weight excluding hydrogens is 224 g/mol. The van der Waals surface area contributed by atoms with E-state index in [1.807, 2.05) is 0 Å². The van der Waals surface area contributed by atoms with Crippen LogP contribution >= 0.6 is 0 Å². The lowest BCUT2D eigenvalue weighted by Gasteiger charge is -2.41. The Morgan fingerprint density at radius 3 is 2.56 bits per heavy atom. The maximum Gasteiger partial charge on any atom is 0.0702 e. The molecule has 3 atom stereocenters. The van der Waals surface area contributed by atoms with Gasteiger partial charge in [-0.1, -0.05) is 19.8 Å². The minimum atomic E-state index is 0.471. The Hall–Kier alpha value is -0.120. The molecule has 2 rings (SSSR count). The van der Waals surface area contributed by atoms with E-state index in [9.17, 15) is 0 Å². The van der Waals surface area contributed by atoms with Gasteiger partial charge in [0.25, 0.3) is 0 Å². The van der Waals surface area contributed by atoms with Gasteiger partial charge in [-0.15, -0.1) is 0 Å². The SMILES string of the molecule is CCN(CC1CCCCO1)C1CCCCC1CN. The van der Waals surface area contributed by atoms with E-state index in [1.54, 1.807) is 0 Å². The maximum atomic E-state index is 5.96. The normalized spacial score (nSPS) is 33.8. The van der Waals surface area contributed by atoms with Crippen LogP contribution in [-0.2, 0) is 4.74 Å². The number of rotatable bonds is 5. The van der Waals surface area contributed by atoms with Gasteiger partial charge in [-0.2, -0.15) is 0 Å². The van der Waals surface area contributed by atoms with Crippen LogP contribution in [0.1, 0.15) is 51.9 Å². The van der Waals surface area contributed by atoms with Gasteiger partial charge < -0.3 is 10.5 Å². The summed E-state index contributed by atoms with van der Waals surface area (Å²) >= 11 is 0. The number of hydrogen-bond donors (Lipinski definition) is 1. The lowest BCUT2D eigenvalue weighted by Crippen LogP contribution is -2.48. The van der Waals surface area contributed by atoms with Crippen molar-refractivity contribution in [1.82, 2.24) is 4.90 Å². The molecule has 0 spiro atoms. The van der Waals surface area contributed by atoms with Crippen molar-refractivity contribution in [3.05, 3.63) is 0 Å². The van der Waals surface area contributed by atoms with Crippen LogP contribution in [-0.4, -0.2) is 43.3 Å². The highest BCUT2D eigenvalue weighted by molar-refractivity contribution is 4.85. The Morgan fingerprint density at radius 2 is 1.89 bits per heavy atom. The summed E-state index contributed by atoms with van der Waals surface area (Å²) in [6.07, 6.45) is 9.71. The molecule has 0 amide bonds. The fraction of sp³-hybridized carbons (Fsp3) is 1.00. The van der Waals surface area contributed by atoms with Crippen LogP contribution in [0.4, 0.5) is 0 Å². The van der Waals surface area contributed by atoms with Crippen molar-refractivity contribution in [2.75, 3.05) is 26.2 Å². The molecule has 3 heteroatoms. The van der Waals surface area contributed by atoms with Gasteiger partial charge >= 0.3 is 0 Å². The fourth-order valence-electron chi connectivity index (χ4n) is 3.66. The van der Waals surface area contributed by atoms with Crippen molar-refractivity contribution < 1.29 is 4.74 Å². The van der Waals surface area contributed by atoms with Crippen LogP contribution in [0.3, 0.4) is 0 Å². The maximum absolute atomic E-state index is 5.96. The van der Waals surface area contributed by atoms with E-state index in [4.69, 9.17) is 10.5 Å². The third-order valence-corrected chi connectivity index (χ3v) is 4.76. The first-order valence-corrected chi connectivity index (χ1v) is 7.90. The predicted molar refractivity (Wildman–Crippen MR) is 75.6 cm³/mol. The Balaban J connectivity index is 1.89. The highest BCUT2D eigenvalue weighted by Gasteiger charge is 2.30. The van der Waals surface area contributed by atoms with E-state index in [2.05, 4.69) is 11.8 Å². The summed E-state index contributed by atoms with van der Waals surface area (Å²) < 4.78 is 5.90. The fourth-order valence-corrected chi connectivity index (χ4v) is 3.66. The van der Waals surface area contributed by atoms with Crippen molar-refractivity contribution in [2.45, 2.75) is 64.0 Å². The van der Waals surface area contributed by atoms with Crippen molar-refractivity contribution in [3.8, 4) is 0 Å². The van der Waals surface area contributed by atoms with E-state index in [1.165, 1.54) is 44.9 Å². The van der Waals surface area contributed by atoms with E-state index in [0.717, 1.165) is 26.2 Å². The first-order chi connectivity index (χ1) is 8.85. The molecule has 1 heterocycles. The lowest BCUT2D eigenvalue weighted by molar-refractivity contribution is -0.0222. The quantitative estimate of drug-likeness (QED) is 0.819. The molecule has 0 radical (unpaired) electrons. The third kappa shape index (κ3) is 3.69. The molecule has 0 aromatic carbocycles. The molecule has 2 aliphatic rings. The smallest absolute Gasteiger partial charge is 0.0702 e. The average Bonchev–Trinajstić information content (AvgIpc) is 2.46. The second kappa shape index (κ2) is 7.46. The third-order valence-electron chi connectivity index (χ3n) is 4.76. The molecule has 1 saturated carbocycles. The summed E-state index contributed by atoms with van der Waals surface area (Å²) in [7, 11) is 0. The number of likely N-dealkylation sites (N-methyl/N-ethyl adjacent to an activating group) is 1. The summed E-state index contributed by atoms with van der Waals surface area (Å²) in [5.74, 6) is 0.710. The van der Waals surface area contributed by atoms with Gasteiger partial charge in [0.1, 0.15) is 0 Å². The van der Waals surface area contributed by atoms with Crippen LogP contribution in [0, 0.1) is 5.92 Å². The van der Waals surface area contributed by atoms with Crippen LogP contribution < -0.4 is 5.73 Å². The van der Waals surface area contributed by atoms with Crippen molar-refractivity contribution in [3.63, 3.8) is 0 Å². The van der Waals surface area contributed by atoms with Crippen LogP contribution in [0.15, 0.2) is 0 Å². The molecule has 1 aliphatic heterocycles. The first-order valence-electron chi connectivity index (χ1n) is 7.90. The topological polar surface area (TPSA) is 38.5 Å². The summed E-state index contributed by atoms with van der Waals surface area (Å²) in [6, 6.07) is 0.708. The summed E-state index contributed by atoms with van der Waals surface area (Å²) in [6.45, 7) is 6.36. The summed E-state index contributed by atoms with van der Waals surface area (Å²) in [4.78, 5) is 2.65. The number of ether oxygens (including phenoxy) is 1. The number of hydrogen-bond acceptors (Lipinski definition) is 3. The summed E-state index contributed by atoms with van der Waals surface area (Å²) in [5.41, 5.74) is 5.96. The molecular formula is C15H30N2O.